The van der Waals surface area contributed by atoms with Crippen molar-refractivity contribution in [2.24, 2.45) is 0 Å². The Bertz CT molecular complexity index is 166. The molecule has 72 valence electrons. The minimum atomic E-state index is -1.41. The molecule has 0 unspecified atom stereocenters. The van der Waals surface area contributed by atoms with E-state index in [9.17, 15) is 9.90 Å². The lowest BCUT2D eigenvalue weighted by atomic mass is 10.1. The second-order valence-corrected chi connectivity index (χ2v) is 4.08. The number of hydrogen-bond acceptors (Lipinski definition) is 4. The van der Waals surface area contributed by atoms with Crippen LogP contribution in [-0.2, 0) is 14.6 Å². The molecule has 4 heteroatoms. The fourth-order valence-electron chi connectivity index (χ4n) is 0.263. The third kappa shape index (κ3) is 4.31. The van der Waals surface area contributed by atoms with Crippen LogP contribution in [0.15, 0.2) is 0 Å². The zero-order valence-electron chi connectivity index (χ0n) is 8.13. The number of carbonyl (C=O) groups excluding carboxylic acids is 1. The van der Waals surface area contributed by atoms with Gasteiger partial charge in [0.15, 0.2) is 0 Å². The molecule has 0 aromatic heterocycles. The second-order valence-electron chi connectivity index (χ2n) is 4.08. The van der Waals surface area contributed by atoms with Gasteiger partial charge < -0.3 is 9.90 Å². The molecule has 0 atom stereocenters. The van der Waals surface area contributed by atoms with Gasteiger partial charge in [0, 0.05) is 0 Å². The van der Waals surface area contributed by atoms with Gasteiger partial charge in [-0.1, -0.05) is 0 Å². The van der Waals surface area contributed by atoms with Crippen LogP contribution in [0.25, 0.3) is 0 Å². The van der Waals surface area contributed by atoms with Crippen molar-refractivity contribution in [1.29, 1.82) is 0 Å². The Morgan fingerprint density at radius 2 is 1.50 bits per heavy atom. The molecule has 0 aromatic carbocycles. The molecule has 0 aliphatic carbocycles. The molecule has 0 saturated heterocycles. The van der Waals surface area contributed by atoms with Gasteiger partial charge in [0.25, 0.3) is 0 Å². The van der Waals surface area contributed by atoms with Crippen LogP contribution in [0.3, 0.4) is 0 Å². The third-order valence-electron chi connectivity index (χ3n) is 0.992. The first-order valence-corrected chi connectivity index (χ1v) is 3.73. The van der Waals surface area contributed by atoms with Crippen LogP contribution in [0.5, 0.6) is 0 Å². The molecule has 0 spiro atoms. The Labute approximate surface area is 72.4 Å². The van der Waals surface area contributed by atoms with E-state index >= 15 is 0 Å². The van der Waals surface area contributed by atoms with E-state index in [-0.39, 0.29) is 0 Å². The molecule has 12 heavy (non-hydrogen) atoms. The molecule has 0 bridgehead atoms. The highest BCUT2D eigenvalue weighted by Crippen LogP contribution is 2.15. The SMILES string of the molecule is CC(C)(C)OOC(C)(C)C(=O)[O-]. The standard InChI is InChI=1S/C8H16O4/c1-7(2,3)11-12-8(4,5)6(9)10/h1-5H3,(H,9,10)/p-1. The number of carbonyl (C=O) groups is 1. The van der Waals surface area contributed by atoms with E-state index in [0.29, 0.717) is 0 Å². The number of rotatable bonds is 3. The van der Waals surface area contributed by atoms with Crippen molar-refractivity contribution in [2.75, 3.05) is 0 Å². The van der Waals surface area contributed by atoms with Crippen molar-refractivity contribution in [3.8, 4) is 0 Å². The van der Waals surface area contributed by atoms with Crippen LogP contribution < -0.4 is 5.11 Å². The predicted octanol–water partition coefficient (Wildman–Crippen LogP) is 0.262. The van der Waals surface area contributed by atoms with Gasteiger partial charge in [0.2, 0.25) is 0 Å². The van der Waals surface area contributed by atoms with Crippen molar-refractivity contribution >= 4 is 5.97 Å². The summed E-state index contributed by atoms with van der Waals surface area (Å²) in [5.74, 6) is -1.30. The molecule has 0 aromatic rings. The van der Waals surface area contributed by atoms with Crippen molar-refractivity contribution in [3.05, 3.63) is 0 Å². The minimum absolute atomic E-state index is 0.521. The average molecular weight is 175 g/mol. The van der Waals surface area contributed by atoms with E-state index in [2.05, 4.69) is 0 Å². The molecular formula is C8H15O4-. The van der Waals surface area contributed by atoms with Gasteiger partial charge in [0.1, 0.15) is 5.60 Å². The zero-order valence-corrected chi connectivity index (χ0v) is 8.13. The summed E-state index contributed by atoms with van der Waals surface area (Å²) in [6.07, 6.45) is 0. The van der Waals surface area contributed by atoms with E-state index in [0.717, 1.165) is 0 Å². The van der Waals surface area contributed by atoms with Gasteiger partial charge in [-0.15, -0.1) is 0 Å². The molecule has 4 nitrogen and oxygen atoms in total. The highest BCUT2D eigenvalue weighted by atomic mass is 17.2. The highest BCUT2D eigenvalue weighted by molar-refractivity contribution is 5.73. The minimum Gasteiger partial charge on any atom is -0.547 e. The first-order chi connectivity index (χ1) is 5.15. The molecule has 0 radical (unpaired) electrons. The monoisotopic (exact) mass is 175 g/mol. The Morgan fingerprint density at radius 1 is 1.08 bits per heavy atom. The van der Waals surface area contributed by atoms with Gasteiger partial charge in [0.05, 0.1) is 11.6 Å². The van der Waals surface area contributed by atoms with E-state index in [1.54, 1.807) is 20.8 Å². The summed E-state index contributed by atoms with van der Waals surface area (Å²) in [6.45, 7) is 8.03. The molecular weight excluding hydrogens is 160 g/mol. The predicted molar refractivity (Wildman–Crippen MR) is 41.0 cm³/mol. The Balaban J connectivity index is 4.01. The first kappa shape index (κ1) is 11.4. The van der Waals surface area contributed by atoms with E-state index < -0.39 is 17.2 Å². The van der Waals surface area contributed by atoms with Crippen LogP contribution in [0.1, 0.15) is 34.6 Å². The van der Waals surface area contributed by atoms with Crippen LogP contribution in [0.4, 0.5) is 0 Å². The lowest BCUT2D eigenvalue weighted by Crippen LogP contribution is -2.46. The number of hydrogen-bond donors (Lipinski definition) is 0. The Morgan fingerprint density at radius 3 is 1.75 bits per heavy atom. The van der Waals surface area contributed by atoms with Crippen LogP contribution >= 0.6 is 0 Å². The van der Waals surface area contributed by atoms with Crippen molar-refractivity contribution in [2.45, 2.75) is 45.8 Å². The van der Waals surface area contributed by atoms with E-state index in [4.69, 9.17) is 9.78 Å². The lowest BCUT2D eigenvalue weighted by Gasteiger charge is -2.28. The molecule has 0 rings (SSSR count). The topological polar surface area (TPSA) is 58.6 Å². The van der Waals surface area contributed by atoms with Gasteiger partial charge in [-0.2, -0.15) is 0 Å². The Kier molecular flexibility index (Phi) is 3.24. The zero-order chi connectivity index (χ0) is 9.99. The number of carboxylic acids is 1. The van der Waals surface area contributed by atoms with E-state index in [1.807, 2.05) is 0 Å². The summed E-state index contributed by atoms with van der Waals surface area (Å²) in [4.78, 5) is 19.9. The van der Waals surface area contributed by atoms with Gasteiger partial charge in [-0.25, -0.2) is 9.78 Å². The van der Waals surface area contributed by atoms with Crippen molar-refractivity contribution in [3.63, 3.8) is 0 Å². The fourth-order valence-corrected chi connectivity index (χ4v) is 0.263. The summed E-state index contributed by atoms with van der Waals surface area (Å²) in [7, 11) is 0. The molecule has 0 N–H and O–H groups in total. The van der Waals surface area contributed by atoms with E-state index in [1.165, 1.54) is 13.8 Å². The molecule has 0 amide bonds. The maximum absolute atomic E-state index is 10.4. The van der Waals surface area contributed by atoms with Crippen LogP contribution in [0.2, 0.25) is 0 Å². The van der Waals surface area contributed by atoms with Gasteiger partial charge in [-0.3, -0.25) is 0 Å². The molecule has 0 aliphatic heterocycles. The molecule has 0 saturated carbocycles. The molecule has 0 heterocycles. The van der Waals surface area contributed by atoms with Crippen molar-refractivity contribution in [1.82, 2.24) is 0 Å². The maximum Gasteiger partial charge on any atom is 0.137 e. The smallest absolute Gasteiger partial charge is 0.137 e. The van der Waals surface area contributed by atoms with Gasteiger partial charge >= 0.3 is 0 Å². The lowest BCUT2D eigenvalue weighted by molar-refractivity contribution is -0.413. The van der Waals surface area contributed by atoms with Crippen LogP contribution in [-0.4, -0.2) is 17.2 Å². The summed E-state index contributed by atoms with van der Waals surface area (Å²) in [5, 5.41) is 10.4. The number of carboxylic acid groups (broad SMARTS) is 1. The highest BCUT2D eigenvalue weighted by Gasteiger charge is 2.24. The normalized spacial score (nSPS) is 13.1. The van der Waals surface area contributed by atoms with Crippen LogP contribution in [0, 0.1) is 0 Å². The van der Waals surface area contributed by atoms with Gasteiger partial charge in [-0.05, 0) is 34.6 Å². The quantitative estimate of drug-likeness (QED) is 0.456. The molecule has 0 aliphatic rings. The largest absolute Gasteiger partial charge is 0.547 e. The number of aliphatic carboxylic acids is 1. The Hall–Kier alpha value is -0.610. The van der Waals surface area contributed by atoms with Crippen molar-refractivity contribution < 1.29 is 19.7 Å². The fraction of sp³-hybridized carbons (Fsp3) is 0.875. The third-order valence-corrected chi connectivity index (χ3v) is 0.992. The molecule has 0 fully saturated rings. The average Bonchev–Trinajstić information content (AvgIpc) is 1.82. The summed E-state index contributed by atoms with van der Waals surface area (Å²) in [5.41, 5.74) is -1.93. The summed E-state index contributed by atoms with van der Waals surface area (Å²) < 4.78 is 0. The summed E-state index contributed by atoms with van der Waals surface area (Å²) in [6, 6.07) is 0. The first-order valence-electron chi connectivity index (χ1n) is 3.73. The summed E-state index contributed by atoms with van der Waals surface area (Å²) >= 11 is 0. The maximum atomic E-state index is 10.4. The second kappa shape index (κ2) is 3.41.